The lowest BCUT2D eigenvalue weighted by atomic mass is 9.90. The van der Waals surface area contributed by atoms with Gasteiger partial charge in [0, 0.05) is 6.20 Å². The summed E-state index contributed by atoms with van der Waals surface area (Å²) in [6.07, 6.45) is 3.35. The van der Waals surface area contributed by atoms with Crippen LogP contribution in [-0.4, -0.2) is 28.8 Å². The first-order valence-corrected chi connectivity index (χ1v) is 5.56. The van der Waals surface area contributed by atoms with E-state index in [1.165, 1.54) is 0 Å². The summed E-state index contributed by atoms with van der Waals surface area (Å²) < 4.78 is 13.4. The number of nitrogens with zero attached hydrogens (tertiary/aromatic N) is 1. The summed E-state index contributed by atoms with van der Waals surface area (Å²) in [6, 6.07) is 1.65. The highest BCUT2D eigenvalue weighted by atomic mass is 16.7. The molecule has 0 unspecified atom stereocenters. The largest absolute Gasteiger partial charge is 0.598 e. The second kappa shape index (κ2) is 3.61. The van der Waals surface area contributed by atoms with Gasteiger partial charge in [0.1, 0.15) is 0 Å². The molecule has 1 aliphatic heterocycles. The molecule has 1 saturated heterocycles. The van der Waals surface area contributed by atoms with Gasteiger partial charge in [-0.25, -0.2) is 0 Å². The van der Waals surface area contributed by atoms with Crippen LogP contribution in [0.5, 0.6) is 0 Å². The highest BCUT2D eigenvalue weighted by molar-refractivity contribution is 6.43. The number of carbonyl (C=O) groups is 1. The van der Waals surface area contributed by atoms with Gasteiger partial charge in [0.15, 0.2) is 0 Å². The Morgan fingerprint density at radius 2 is 1.82 bits per heavy atom. The lowest BCUT2D eigenvalue weighted by molar-refractivity contribution is 0.00578. The summed E-state index contributed by atoms with van der Waals surface area (Å²) in [7, 11) is -0.520. The highest BCUT2D eigenvalue weighted by Crippen LogP contribution is 2.36. The average Bonchev–Trinajstić information content (AvgIpc) is 2.70. The van der Waals surface area contributed by atoms with E-state index in [-0.39, 0.29) is 0 Å². The van der Waals surface area contributed by atoms with E-state index in [0.29, 0.717) is 5.56 Å². The van der Waals surface area contributed by atoms with Crippen LogP contribution in [-0.2, 0) is 9.31 Å². The van der Waals surface area contributed by atoms with E-state index < -0.39 is 24.4 Å². The van der Waals surface area contributed by atoms with Crippen LogP contribution in [0.15, 0.2) is 18.5 Å². The molecule has 0 aromatic carbocycles. The van der Waals surface area contributed by atoms with Crippen molar-refractivity contribution in [3.05, 3.63) is 24.0 Å². The zero-order valence-electron chi connectivity index (χ0n) is 10.6. The summed E-state index contributed by atoms with van der Waals surface area (Å²) in [5.74, 6) is -0.458. The fraction of sp³-hybridized carbons (Fsp3) is 0.545. The minimum Gasteiger partial charge on any atom is -0.384 e. The number of nitrogens with two attached hydrogens (primary N) is 1. The van der Waals surface area contributed by atoms with Gasteiger partial charge in [-0.2, -0.15) is 0 Å². The second-order valence-corrected chi connectivity index (χ2v) is 5.28. The number of hydrogen-bond acceptors (Lipinski definition) is 3. The standard InChI is InChI=1S/C11H17BN2O3/c1-10(2)11(3,4)17-12(16-10)14-6-5-8(7-14)9(13)15/h5-7H,1-4H3,(H2,13,15). The maximum atomic E-state index is 11.0. The number of hydrogen-bond donors (Lipinski definition) is 1. The van der Waals surface area contributed by atoms with Gasteiger partial charge in [0.2, 0.25) is 5.91 Å². The minimum atomic E-state index is -0.520. The van der Waals surface area contributed by atoms with Crippen LogP contribution in [0, 0.1) is 0 Å². The van der Waals surface area contributed by atoms with Gasteiger partial charge >= 0.3 is 7.25 Å². The van der Waals surface area contributed by atoms with Crippen molar-refractivity contribution in [2.75, 3.05) is 0 Å². The third-order valence-electron chi connectivity index (χ3n) is 3.48. The molecule has 0 atom stereocenters. The first-order valence-electron chi connectivity index (χ1n) is 5.56. The van der Waals surface area contributed by atoms with Crippen molar-refractivity contribution < 1.29 is 14.1 Å². The van der Waals surface area contributed by atoms with Gasteiger partial charge in [-0.05, 0) is 40.0 Å². The monoisotopic (exact) mass is 236 g/mol. The smallest absolute Gasteiger partial charge is 0.384 e. The van der Waals surface area contributed by atoms with Crippen molar-refractivity contribution in [3.63, 3.8) is 0 Å². The highest BCUT2D eigenvalue weighted by Gasteiger charge is 2.52. The number of primary amides is 1. The summed E-state index contributed by atoms with van der Waals surface area (Å²) in [5.41, 5.74) is 4.85. The Morgan fingerprint density at radius 1 is 1.29 bits per heavy atom. The molecule has 0 aliphatic carbocycles. The lowest BCUT2D eigenvalue weighted by Crippen LogP contribution is -2.41. The maximum Gasteiger partial charge on any atom is 0.598 e. The van der Waals surface area contributed by atoms with Crippen LogP contribution in [0.4, 0.5) is 0 Å². The van der Waals surface area contributed by atoms with Crippen LogP contribution < -0.4 is 5.73 Å². The van der Waals surface area contributed by atoms with E-state index in [1.807, 2.05) is 27.7 Å². The fourth-order valence-electron chi connectivity index (χ4n) is 1.62. The number of rotatable bonds is 2. The van der Waals surface area contributed by atoms with Crippen molar-refractivity contribution in [1.82, 2.24) is 4.48 Å². The molecule has 1 aromatic heterocycles. The SMILES string of the molecule is CC1(C)OB(n2ccc(C(N)=O)c2)OC1(C)C. The molecule has 2 rings (SSSR count). The van der Waals surface area contributed by atoms with Crippen LogP contribution in [0.25, 0.3) is 0 Å². The lowest BCUT2D eigenvalue weighted by Gasteiger charge is -2.32. The minimum absolute atomic E-state index is 0.394. The number of aromatic nitrogens is 1. The normalized spacial score (nSPS) is 21.8. The molecule has 1 amide bonds. The molecule has 1 fully saturated rings. The average molecular weight is 236 g/mol. The van der Waals surface area contributed by atoms with Crippen molar-refractivity contribution in [2.24, 2.45) is 5.73 Å². The van der Waals surface area contributed by atoms with Crippen LogP contribution in [0.1, 0.15) is 38.1 Å². The Bertz CT molecular complexity index is 437. The number of carbonyl (C=O) groups excluding carboxylic acids is 1. The molecule has 6 heteroatoms. The van der Waals surface area contributed by atoms with Gasteiger partial charge in [0.05, 0.1) is 16.8 Å². The van der Waals surface area contributed by atoms with E-state index in [0.717, 1.165) is 0 Å². The quantitative estimate of drug-likeness (QED) is 0.779. The Labute approximate surface area is 101 Å². The molecule has 1 aromatic rings. The van der Waals surface area contributed by atoms with Crippen LogP contribution in [0.3, 0.4) is 0 Å². The first-order chi connectivity index (χ1) is 7.73. The molecule has 1 aliphatic rings. The molecule has 92 valence electrons. The first kappa shape index (κ1) is 12.2. The third kappa shape index (κ3) is 1.98. The molecule has 2 N–H and O–H groups in total. The Kier molecular flexibility index (Phi) is 2.59. The third-order valence-corrected chi connectivity index (χ3v) is 3.48. The maximum absolute atomic E-state index is 11.0. The summed E-state index contributed by atoms with van der Waals surface area (Å²) in [4.78, 5) is 11.0. The predicted molar refractivity (Wildman–Crippen MR) is 64.4 cm³/mol. The van der Waals surface area contributed by atoms with Crippen molar-refractivity contribution in [2.45, 2.75) is 38.9 Å². The van der Waals surface area contributed by atoms with Crippen molar-refractivity contribution in [1.29, 1.82) is 0 Å². The zero-order chi connectivity index (χ0) is 12.8. The van der Waals surface area contributed by atoms with Crippen LogP contribution >= 0.6 is 0 Å². The summed E-state index contributed by atoms with van der Waals surface area (Å²) in [5, 5.41) is 0. The molecule has 2 heterocycles. The summed E-state index contributed by atoms with van der Waals surface area (Å²) in [6.45, 7) is 7.91. The Balaban J connectivity index is 2.23. The van der Waals surface area contributed by atoms with Gasteiger partial charge in [0.25, 0.3) is 0 Å². The summed E-state index contributed by atoms with van der Waals surface area (Å²) >= 11 is 0. The molecular weight excluding hydrogens is 219 g/mol. The fourth-order valence-corrected chi connectivity index (χ4v) is 1.62. The number of amides is 1. The predicted octanol–water partition coefficient (Wildman–Crippen LogP) is 1.02. The van der Waals surface area contributed by atoms with Crippen LogP contribution in [0.2, 0.25) is 0 Å². The van der Waals surface area contributed by atoms with E-state index in [1.54, 1.807) is 22.9 Å². The molecular formula is C11H17BN2O3. The van der Waals surface area contributed by atoms with Gasteiger partial charge in [-0.3, -0.25) is 4.79 Å². The Hall–Kier alpha value is -1.27. The van der Waals surface area contributed by atoms with Crippen molar-refractivity contribution in [3.8, 4) is 0 Å². The molecule has 17 heavy (non-hydrogen) atoms. The zero-order valence-corrected chi connectivity index (χ0v) is 10.6. The molecule has 0 bridgehead atoms. The van der Waals surface area contributed by atoms with E-state index in [4.69, 9.17) is 15.0 Å². The Morgan fingerprint density at radius 3 is 2.24 bits per heavy atom. The van der Waals surface area contributed by atoms with Gasteiger partial charge < -0.3 is 19.5 Å². The van der Waals surface area contributed by atoms with Crippen molar-refractivity contribution >= 4 is 13.2 Å². The molecule has 0 spiro atoms. The van der Waals surface area contributed by atoms with Gasteiger partial charge in [-0.1, -0.05) is 0 Å². The second-order valence-electron chi connectivity index (χ2n) is 5.28. The molecule has 0 saturated carbocycles. The topological polar surface area (TPSA) is 66.5 Å². The molecule has 0 radical (unpaired) electrons. The van der Waals surface area contributed by atoms with E-state index in [2.05, 4.69) is 0 Å². The molecule has 5 nitrogen and oxygen atoms in total. The van der Waals surface area contributed by atoms with E-state index >= 15 is 0 Å². The van der Waals surface area contributed by atoms with Gasteiger partial charge in [-0.15, -0.1) is 0 Å². The van der Waals surface area contributed by atoms with E-state index in [9.17, 15) is 4.79 Å².